The second-order valence-corrected chi connectivity index (χ2v) is 6.33. The monoisotopic (exact) mass is 358 g/mol. The molecule has 0 spiro atoms. The van der Waals surface area contributed by atoms with Gasteiger partial charge in [-0.05, 0) is 37.6 Å². The van der Waals surface area contributed by atoms with Gasteiger partial charge >= 0.3 is 0 Å². The van der Waals surface area contributed by atoms with Crippen LogP contribution in [0, 0.1) is 13.8 Å². The summed E-state index contributed by atoms with van der Waals surface area (Å²) in [5.74, 6) is -0.226. The molecule has 0 aliphatic carbocycles. The highest BCUT2D eigenvalue weighted by atomic mass is 16.5. The summed E-state index contributed by atoms with van der Waals surface area (Å²) in [5.41, 5.74) is 3.91. The van der Waals surface area contributed by atoms with Crippen LogP contribution in [0.3, 0.4) is 0 Å². The topological polar surface area (TPSA) is 80.9 Å². The van der Waals surface area contributed by atoms with Crippen molar-refractivity contribution < 1.29 is 9.32 Å². The zero-order chi connectivity index (χ0) is 18.8. The molecule has 6 nitrogen and oxygen atoms in total. The van der Waals surface area contributed by atoms with E-state index in [-0.39, 0.29) is 11.9 Å². The van der Waals surface area contributed by atoms with Crippen LogP contribution in [0.5, 0.6) is 0 Å². The van der Waals surface area contributed by atoms with Crippen LogP contribution in [-0.2, 0) is 0 Å². The van der Waals surface area contributed by atoms with Crippen LogP contribution in [0.4, 0.5) is 0 Å². The maximum absolute atomic E-state index is 13.2. The minimum Gasteiger partial charge on any atom is -0.340 e. The van der Waals surface area contributed by atoms with E-state index in [9.17, 15) is 4.79 Å². The molecule has 1 N–H and O–H groups in total. The van der Waals surface area contributed by atoms with Gasteiger partial charge in [-0.1, -0.05) is 41.6 Å². The summed E-state index contributed by atoms with van der Waals surface area (Å²) < 4.78 is 5.24. The standard InChI is InChI=1S/C21H18N4O2/c1-13-12-16(18-14(2)25-27-21(18)23-13)20(26)24-19(15-8-4-3-5-9-15)17-10-6-7-11-22-17/h3-12,19H,1-2H3,(H,24,26)/t19-/m0/s1. The molecule has 0 unspecified atom stereocenters. The Hall–Kier alpha value is -3.54. The molecule has 0 aliphatic heterocycles. The molecule has 0 radical (unpaired) electrons. The van der Waals surface area contributed by atoms with Crippen molar-refractivity contribution in [3.63, 3.8) is 0 Å². The summed E-state index contributed by atoms with van der Waals surface area (Å²) in [6.45, 7) is 3.62. The number of nitrogens with zero attached hydrogens (tertiary/aromatic N) is 3. The average molecular weight is 358 g/mol. The summed E-state index contributed by atoms with van der Waals surface area (Å²) >= 11 is 0. The van der Waals surface area contributed by atoms with E-state index < -0.39 is 0 Å². The minimum atomic E-state index is -0.372. The first-order chi connectivity index (χ1) is 13.1. The first-order valence-electron chi connectivity index (χ1n) is 8.64. The fraction of sp³-hybridized carbons (Fsp3) is 0.143. The Morgan fingerprint density at radius 1 is 1.07 bits per heavy atom. The van der Waals surface area contributed by atoms with Gasteiger partial charge in [0.15, 0.2) is 0 Å². The lowest BCUT2D eigenvalue weighted by atomic mass is 10.0. The predicted octanol–water partition coefficient (Wildman–Crippen LogP) is 3.75. The van der Waals surface area contributed by atoms with Gasteiger partial charge in [0.2, 0.25) is 0 Å². The number of benzene rings is 1. The average Bonchev–Trinajstić information content (AvgIpc) is 3.07. The second kappa shape index (κ2) is 6.99. The lowest BCUT2D eigenvalue weighted by Gasteiger charge is -2.19. The highest BCUT2D eigenvalue weighted by molar-refractivity contribution is 6.06. The van der Waals surface area contributed by atoms with Gasteiger partial charge in [-0.15, -0.1) is 0 Å². The molecule has 4 rings (SSSR count). The van der Waals surface area contributed by atoms with Crippen molar-refractivity contribution in [1.29, 1.82) is 0 Å². The number of amides is 1. The molecule has 134 valence electrons. The maximum atomic E-state index is 13.2. The molecule has 1 amide bonds. The third kappa shape index (κ3) is 3.29. The van der Waals surface area contributed by atoms with Crippen LogP contribution in [0.15, 0.2) is 65.3 Å². The van der Waals surface area contributed by atoms with E-state index >= 15 is 0 Å². The molecule has 3 aromatic heterocycles. The predicted molar refractivity (Wildman–Crippen MR) is 101 cm³/mol. The lowest BCUT2D eigenvalue weighted by molar-refractivity contribution is 0.0943. The van der Waals surface area contributed by atoms with Crippen molar-refractivity contribution in [2.45, 2.75) is 19.9 Å². The minimum absolute atomic E-state index is 0.226. The Balaban J connectivity index is 1.76. The number of hydrogen-bond acceptors (Lipinski definition) is 5. The van der Waals surface area contributed by atoms with Crippen molar-refractivity contribution in [2.24, 2.45) is 0 Å². The zero-order valence-corrected chi connectivity index (χ0v) is 15.0. The van der Waals surface area contributed by atoms with Gasteiger partial charge < -0.3 is 9.84 Å². The highest BCUT2D eigenvalue weighted by Gasteiger charge is 2.22. The first-order valence-corrected chi connectivity index (χ1v) is 8.64. The van der Waals surface area contributed by atoms with E-state index in [0.29, 0.717) is 28.1 Å². The Bertz CT molecular complexity index is 1050. The van der Waals surface area contributed by atoms with Gasteiger partial charge in [0.25, 0.3) is 11.6 Å². The van der Waals surface area contributed by atoms with Crippen LogP contribution >= 0.6 is 0 Å². The Morgan fingerprint density at radius 3 is 2.59 bits per heavy atom. The number of fused-ring (bicyclic) bond motifs is 1. The van der Waals surface area contributed by atoms with Crippen LogP contribution in [0.2, 0.25) is 0 Å². The van der Waals surface area contributed by atoms with Gasteiger partial charge in [-0.3, -0.25) is 9.78 Å². The highest BCUT2D eigenvalue weighted by Crippen LogP contribution is 2.25. The molecule has 6 heteroatoms. The summed E-state index contributed by atoms with van der Waals surface area (Å²) in [4.78, 5) is 21.9. The molecule has 0 saturated heterocycles. The van der Waals surface area contributed by atoms with E-state index in [1.54, 1.807) is 19.2 Å². The summed E-state index contributed by atoms with van der Waals surface area (Å²) in [7, 11) is 0. The number of aromatic nitrogens is 3. The molecule has 1 atom stereocenters. The Labute approximate surface area is 156 Å². The van der Waals surface area contributed by atoms with Crippen molar-refractivity contribution in [3.8, 4) is 0 Å². The number of rotatable bonds is 4. The fourth-order valence-corrected chi connectivity index (χ4v) is 3.13. The molecule has 0 aliphatic rings. The molecule has 0 fully saturated rings. The Morgan fingerprint density at radius 2 is 1.85 bits per heavy atom. The van der Waals surface area contributed by atoms with Gasteiger partial charge in [-0.25, -0.2) is 4.98 Å². The molecule has 3 heterocycles. The number of nitrogens with one attached hydrogen (secondary N) is 1. The summed E-state index contributed by atoms with van der Waals surface area (Å²) in [6, 6.07) is 16.8. The molecule has 0 bridgehead atoms. The number of aryl methyl sites for hydroxylation is 2. The van der Waals surface area contributed by atoms with Gasteiger partial charge in [-0.2, -0.15) is 0 Å². The quantitative estimate of drug-likeness (QED) is 0.601. The van der Waals surface area contributed by atoms with Gasteiger partial charge in [0.05, 0.1) is 28.4 Å². The van der Waals surface area contributed by atoms with E-state index in [1.807, 2.05) is 55.5 Å². The molecular weight excluding hydrogens is 340 g/mol. The van der Waals surface area contributed by atoms with Crippen LogP contribution in [-0.4, -0.2) is 21.0 Å². The molecule has 27 heavy (non-hydrogen) atoms. The Kier molecular flexibility index (Phi) is 4.38. The summed E-state index contributed by atoms with van der Waals surface area (Å²) in [6.07, 6.45) is 1.72. The number of pyridine rings is 2. The van der Waals surface area contributed by atoms with Gasteiger partial charge in [0.1, 0.15) is 0 Å². The van der Waals surface area contributed by atoms with Crippen molar-refractivity contribution in [2.75, 3.05) is 0 Å². The van der Waals surface area contributed by atoms with E-state index in [4.69, 9.17) is 4.52 Å². The number of carbonyl (C=O) groups is 1. The third-order valence-electron chi connectivity index (χ3n) is 4.38. The van der Waals surface area contributed by atoms with Crippen LogP contribution in [0.25, 0.3) is 11.1 Å². The van der Waals surface area contributed by atoms with E-state index in [1.165, 1.54) is 0 Å². The second-order valence-electron chi connectivity index (χ2n) is 6.33. The molecule has 4 aromatic rings. The largest absolute Gasteiger partial charge is 0.340 e. The van der Waals surface area contributed by atoms with Crippen LogP contribution < -0.4 is 5.32 Å². The third-order valence-corrected chi connectivity index (χ3v) is 4.38. The van der Waals surface area contributed by atoms with Crippen molar-refractivity contribution >= 4 is 17.0 Å². The SMILES string of the molecule is Cc1cc(C(=O)N[C@@H](c2ccccc2)c2ccccn2)c2c(C)noc2n1. The molecular formula is C21H18N4O2. The van der Waals surface area contributed by atoms with Crippen LogP contribution in [0.1, 0.15) is 39.0 Å². The summed E-state index contributed by atoms with van der Waals surface area (Å²) in [5, 5.41) is 7.68. The maximum Gasteiger partial charge on any atom is 0.258 e. The smallest absolute Gasteiger partial charge is 0.258 e. The van der Waals surface area contributed by atoms with Crippen molar-refractivity contribution in [3.05, 3.63) is 89.0 Å². The first kappa shape index (κ1) is 16.9. The van der Waals surface area contributed by atoms with E-state index in [2.05, 4.69) is 20.4 Å². The lowest BCUT2D eigenvalue weighted by Crippen LogP contribution is -2.30. The number of hydrogen-bond donors (Lipinski definition) is 1. The molecule has 1 aromatic carbocycles. The number of carbonyl (C=O) groups excluding carboxylic acids is 1. The zero-order valence-electron chi connectivity index (χ0n) is 15.0. The normalized spacial score (nSPS) is 12.1. The van der Waals surface area contributed by atoms with Crippen molar-refractivity contribution in [1.82, 2.24) is 20.4 Å². The van der Waals surface area contributed by atoms with Gasteiger partial charge in [0, 0.05) is 11.9 Å². The molecule has 0 saturated carbocycles. The van der Waals surface area contributed by atoms with E-state index in [0.717, 1.165) is 11.3 Å². The fourth-order valence-electron chi connectivity index (χ4n) is 3.13.